The number of rotatable bonds is 4. The quantitative estimate of drug-likeness (QED) is 0.901. The SMILES string of the molecule is C[C@@H](CC(=O)Nc1cc(Br)c(=O)n(C)c1)c1ccc(F)cc1. The number of pyridine rings is 1. The fourth-order valence-corrected chi connectivity index (χ4v) is 2.67. The molecule has 4 nitrogen and oxygen atoms in total. The van der Waals surface area contributed by atoms with Gasteiger partial charge in [0, 0.05) is 19.7 Å². The van der Waals surface area contributed by atoms with Crippen LogP contribution in [0.2, 0.25) is 0 Å². The molecular weight excluding hydrogens is 351 g/mol. The Bertz CT molecular complexity index is 715. The summed E-state index contributed by atoms with van der Waals surface area (Å²) in [6, 6.07) is 7.69. The number of carbonyl (C=O) groups excluding carboxylic acids is 1. The van der Waals surface area contributed by atoms with E-state index in [1.807, 2.05) is 6.92 Å². The summed E-state index contributed by atoms with van der Waals surface area (Å²) in [6.07, 6.45) is 1.83. The van der Waals surface area contributed by atoms with Gasteiger partial charge in [-0.05, 0) is 45.6 Å². The molecule has 0 fully saturated rings. The Morgan fingerprint density at radius 1 is 1.36 bits per heavy atom. The third-order valence-corrected chi connectivity index (χ3v) is 3.92. The molecule has 0 aliphatic rings. The number of aryl methyl sites for hydroxylation is 1. The summed E-state index contributed by atoms with van der Waals surface area (Å²) in [6.45, 7) is 1.91. The smallest absolute Gasteiger partial charge is 0.264 e. The van der Waals surface area contributed by atoms with Crippen molar-refractivity contribution in [3.63, 3.8) is 0 Å². The van der Waals surface area contributed by atoms with E-state index in [9.17, 15) is 14.0 Å². The second kappa shape index (κ2) is 6.87. The van der Waals surface area contributed by atoms with Crippen molar-refractivity contribution < 1.29 is 9.18 Å². The van der Waals surface area contributed by atoms with Gasteiger partial charge in [0.05, 0.1) is 10.2 Å². The molecule has 1 N–H and O–H groups in total. The first-order chi connectivity index (χ1) is 10.4. The van der Waals surface area contributed by atoms with Crippen LogP contribution >= 0.6 is 15.9 Å². The number of carbonyl (C=O) groups is 1. The highest BCUT2D eigenvalue weighted by Gasteiger charge is 2.12. The first kappa shape index (κ1) is 16.4. The zero-order valence-corrected chi connectivity index (χ0v) is 13.9. The van der Waals surface area contributed by atoms with E-state index >= 15 is 0 Å². The zero-order chi connectivity index (χ0) is 16.3. The standard InChI is InChI=1S/C16H16BrFN2O2/c1-10(11-3-5-12(18)6-4-11)7-15(21)19-13-8-14(17)16(22)20(2)9-13/h3-6,8-10H,7H2,1-2H3,(H,19,21)/t10-/m0/s1. The van der Waals surface area contributed by atoms with Gasteiger partial charge in [-0.1, -0.05) is 19.1 Å². The van der Waals surface area contributed by atoms with Crippen molar-refractivity contribution >= 4 is 27.5 Å². The number of halogens is 2. The van der Waals surface area contributed by atoms with E-state index in [-0.39, 0.29) is 29.6 Å². The Morgan fingerprint density at radius 3 is 2.59 bits per heavy atom. The molecule has 0 spiro atoms. The molecule has 1 heterocycles. The maximum absolute atomic E-state index is 12.9. The molecule has 0 bridgehead atoms. The van der Waals surface area contributed by atoms with Crippen molar-refractivity contribution in [3.05, 3.63) is 62.7 Å². The van der Waals surface area contributed by atoms with Crippen LogP contribution in [-0.2, 0) is 11.8 Å². The van der Waals surface area contributed by atoms with E-state index in [4.69, 9.17) is 0 Å². The van der Waals surface area contributed by atoms with Crippen LogP contribution in [0, 0.1) is 5.82 Å². The second-order valence-electron chi connectivity index (χ2n) is 5.20. The molecule has 0 radical (unpaired) electrons. The molecule has 1 aromatic heterocycles. The number of aromatic nitrogens is 1. The summed E-state index contributed by atoms with van der Waals surface area (Å²) in [5.41, 5.74) is 1.28. The van der Waals surface area contributed by atoms with Gasteiger partial charge in [-0.15, -0.1) is 0 Å². The lowest BCUT2D eigenvalue weighted by molar-refractivity contribution is -0.116. The predicted octanol–water partition coefficient (Wildman–Crippen LogP) is 3.42. The largest absolute Gasteiger partial charge is 0.325 e. The highest BCUT2D eigenvalue weighted by molar-refractivity contribution is 9.10. The van der Waals surface area contributed by atoms with E-state index in [0.717, 1.165) is 5.56 Å². The second-order valence-corrected chi connectivity index (χ2v) is 6.05. The summed E-state index contributed by atoms with van der Waals surface area (Å²) in [7, 11) is 1.61. The van der Waals surface area contributed by atoms with Gasteiger partial charge in [0.15, 0.2) is 0 Å². The normalized spacial score (nSPS) is 12.0. The van der Waals surface area contributed by atoms with Gasteiger partial charge in [0.1, 0.15) is 5.82 Å². The molecule has 0 aliphatic heterocycles. The minimum atomic E-state index is -0.296. The number of hydrogen-bond acceptors (Lipinski definition) is 2. The number of nitrogens with one attached hydrogen (secondary N) is 1. The fourth-order valence-electron chi connectivity index (χ4n) is 2.14. The molecule has 1 atom stereocenters. The molecule has 1 aromatic carbocycles. The maximum Gasteiger partial charge on any atom is 0.264 e. The zero-order valence-electron chi connectivity index (χ0n) is 12.3. The van der Waals surface area contributed by atoms with Crippen molar-refractivity contribution in [2.75, 3.05) is 5.32 Å². The molecule has 1 amide bonds. The van der Waals surface area contributed by atoms with Crippen molar-refractivity contribution in [1.29, 1.82) is 0 Å². The van der Waals surface area contributed by atoms with Crippen LogP contribution in [-0.4, -0.2) is 10.5 Å². The Morgan fingerprint density at radius 2 is 2.00 bits per heavy atom. The molecule has 2 rings (SSSR count). The fraction of sp³-hybridized carbons (Fsp3) is 0.250. The van der Waals surface area contributed by atoms with Gasteiger partial charge in [0.2, 0.25) is 5.91 Å². The van der Waals surface area contributed by atoms with E-state index in [2.05, 4.69) is 21.2 Å². The molecule has 0 aliphatic carbocycles. The van der Waals surface area contributed by atoms with Gasteiger partial charge in [0.25, 0.3) is 5.56 Å². The molecular formula is C16H16BrFN2O2. The van der Waals surface area contributed by atoms with Crippen LogP contribution in [0.4, 0.5) is 10.1 Å². The molecule has 0 saturated carbocycles. The Hall–Kier alpha value is -1.95. The molecule has 22 heavy (non-hydrogen) atoms. The minimum Gasteiger partial charge on any atom is -0.325 e. The van der Waals surface area contributed by atoms with Gasteiger partial charge < -0.3 is 9.88 Å². The van der Waals surface area contributed by atoms with E-state index in [1.165, 1.54) is 16.7 Å². The third-order valence-electron chi connectivity index (χ3n) is 3.35. The maximum atomic E-state index is 12.9. The number of benzene rings is 1. The van der Waals surface area contributed by atoms with E-state index < -0.39 is 0 Å². The van der Waals surface area contributed by atoms with Crippen LogP contribution in [0.15, 0.2) is 45.8 Å². The van der Waals surface area contributed by atoms with Gasteiger partial charge >= 0.3 is 0 Å². The Kier molecular flexibility index (Phi) is 5.13. The molecule has 0 unspecified atom stereocenters. The average molecular weight is 367 g/mol. The van der Waals surface area contributed by atoms with Crippen LogP contribution < -0.4 is 10.9 Å². The topological polar surface area (TPSA) is 51.1 Å². The summed E-state index contributed by atoms with van der Waals surface area (Å²) < 4.78 is 14.7. The first-order valence-corrected chi connectivity index (χ1v) is 7.57. The summed E-state index contributed by atoms with van der Waals surface area (Å²) >= 11 is 3.16. The summed E-state index contributed by atoms with van der Waals surface area (Å²) in [4.78, 5) is 23.7. The lowest BCUT2D eigenvalue weighted by Crippen LogP contribution is -2.20. The lowest BCUT2D eigenvalue weighted by Gasteiger charge is -2.13. The Labute approximate surface area is 136 Å². The molecule has 6 heteroatoms. The van der Waals surface area contributed by atoms with Gasteiger partial charge in [-0.3, -0.25) is 9.59 Å². The Balaban J connectivity index is 2.04. The average Bonchev–Trinajstić information content (AvgIpc) is 2.45. The lowest BCUT2D eigenvalue weighted by atomic mass is 9.97. The monoisotopic (exact) mass is 366 g/mol. The number of anilines is 1. The van der Waals surface area contributed by atoms with Crippen LogP contribution in [0.25, 0.3) is 0 Å². The first-order valence-electron chi connectivity index (χ1n) is 6.78. The van der Waals surface area contributed by atoms with E-state index in [0.29, 0.717) is 10.2 Å². The molecule has 2 aromatic rings. The highest BCUT2D eigenvalue weighted by Crippen LogP contribution is 2.20. The van der Waals surface area contributed by atoms with Crippen molar-refractivity contribution in [1.82, 2.24) is 4.57 Å². The van der Waals surface area contributed by atoms with Crippen molar-refractivity contribution in [2.45, 2.75) is 19.3 Å². The van der Waals surface area contributed by atoms with Crippen LogP contribution in [0.3, 0.4) is 0 Å². The number of amides is 1. The van der Waals surface area contributed by atoms with Gasteiger partial charge in [-0.25, -0.2) is 4.39 Å². The summed E-state index contributed by atoms with van der Waals surface area (Å²) in [5, 5.41) is 2.76. The van der Waals surface area contributed by atoms with Crippen LogP contribution in [0.5, 0.6) is 0 Å². The molecule has 116 valence electrons. The van der Waals surface area contributed by atoms with E-state index in [1.54, 1.807) is 31.4 Å². The number of nitrogens with zero attached hydrogens (tertiary/aromatic N) is 1. The third kappa shape index (κ3) is 4.04. The highest BCUT2D eigenvalue weighted by atomic mass is 79.9. The van der Waals surface area contributed by atoms with Crippen molar-refractivity contribution in [2.24, 2.45) is 7.05 Å². The minimum absolute atomic E-state index is 0.0310. The molecule has 0 saturated heterocycles. The predicted molar refractivity (Wildman–Crippen MR) is 87.4 cm³/mol. The summed E-state index contributed by atoms with van der Waals surface area (Å²) in [5.74, 6) is -0.491. The van der Waals surface area contributed by atoms with Gasteiger partial charge in [-0.2, -0.15) is 0 Å². The number of hydrogen-bond donors (Lipinski definition) is 1. The van der Waals surface area contributed by atoms with Crippen molar-refractivity contribution in [3.8, 4) is 0 Å². The van der Waals surface area contributed by atoms with Crippen LogP contribution in [0.1, 0.15) is 24.8 Å².